The molecule has 0 unspecified atom stereocenters. The van der Waals surface area contributed by atoms with Crippen LogP contribution in [0.5, 0.6) is 0 Å². The van der Waals surface area contributed by atoms with Crippen molar-refractivity contribution in [3.05, 3.63) is 11.6 Å². The minimum Gasteiger partial charge on any atom is -0.311 e. The number of hydrogen-bond acceptors (Lipinski definition) is 2. The Morgan fingerprint density at radius 3 is 2.33 bits per heavy atom. The summed E-state index contributed by atoms with van der Waals surface area (Å²) in [4.78, 5) is 0. The smallest absolute Gasteiger partial charge is 0.0307 e. The molecule has 3 heteroatoms. The maximum Gasteiger partial charge on any atom is 0.0307 e. The minimum atomic E-state index is 0.194. The summed E-state index contributed by atoms with van der Waals surface area (Å²) in [6.07, 6.45) is 0. The Morgan fingerprint density at radius 2 is 1.92 bits per heavy atom. The Kier molecular flexibility index (Phi) is 5.55. The lowest BCUT2D eigenvalue weighted by molar-refractivity contribution is 0.424. The van der Waals surface area contributed by atoms with Crippen LogP contribution in [0.3, 0.4) is 0 Å². The topological polar surface area (TPSA) is 24.1 Å². The summed E-state index contributed by atoms with van der Waals surface area (Å²) in [7, 11) is 0. The third-order valence-electron chi connectivity index (χ3n) is 1.27. The van der Waals surface area contributed by atoms with Gasteiger partial charge in [0, 0.05) is 30.2 Å². The van der Waals surface area contributed by atoms with E-state index in [1.807, 2.05) is 0 Å². The zero-order chi connectivity index (χ0) is 9.61. The van der Waals surface area contributed by atoms with E-state index in [0.29, 0.717) is 11.6 Å². The van der Waals surface area contributed by atoms with Gasteiger partial charge in [0.1, 0.15) is 0 Å². The quantitative estimate of drug-likeness (QED) is 0.646. The van der Waals surface area contributed by atoms with Gasteiger partial charge in [-0.2, -0.15) is 0 Å². The first-order chi connectivity index (χ1) is 5.42. The highest BCUT2D eigenvalue weighted by molar-refractivity contribution is 6.29. The van der Waals surface area contributed by atoms with Gasteiger partial charge in [-0.15, -0.1) is 0 Å². The number of nitrogens with one attached hydrogen (secondary N) is 2. The maximum atomic E-state index is 5.57. The molecule has 0 fully saturated rings. The molecule has 2 nitrogen and oxygen atoms in total. The van der Waals surface area contributed by atoms with Gasteiger partial charge in [0.25, 0.3) is 0 Å². The fourth-order valence-electron chi connectivity index (χ4n) is 0.750. The molecule has 0 saturated carbocycles. The van der Waals surface area contributed by atoms with Crippen LogP contribution in [0.2, 0.25) is 0 Å². The molecule has 0 bridgehead atoms. The zero-order valence-electron chi connectivity index (χ0n) is 8.21. The summed E-state index contributed by atoms with van der Waals surface area (Å²) in [6, 6.07) is 0. The summed E-state index contributed by atoms with van der Waals surface area (Å²) in [5.74, 6) is 0. The molecule has 0 aliphatic rings. The fraction of sp³-hybridized carbons (Fsp3) is 0.778. The summed E-state index contributed by atoms with van der Waals surface area (Å²) in [5.41, 5.74) is 0.194. The van der Waals surface area contributed by atoms with Crippen LogP contribution in [-0.2, 0) is 0 Å². The Bertz CT molecular complexity index is 138. The number of rotatable bonds is 5. The molecule has 12 heavy (non-hydrogen) atoms. The van der Waals surface area contributed by atoms with E-state index in [4.69, 9.17) is 11.6 Å². The van der Waals surface area contributed by atoms with Gasteiger partial charge < -0.3 is 10.6 Å². The average molecular weight is 191 g/mol. The van der Waals surface area contributed by atoms with Crippen LogP contribution in [0.4, 0.5) is 0 Å². The van der Waals surface area contributed by atoms with Crippen LogP contribution in [0.15, 0.2) is 11.6 Å². The van der Waals surface area contributed by atoms with Crippen molar-refractivity contribution in [3.63, 3.8) is 0 Å². The number of hydrogen-bond donors (Lipinski definition) is 2. The monoisotopic (exact) mass is 190 g/mol. The Hall–Kier alpha value is -0.0500. The van der Waals surface area contributed by atoms with E-state index in [0.717, 1.165) is 13.1 Å². The SMILES string of the molecule is C=C(Cl)CNCCNC(C)(C)C. The fourth-order valence-corrected chi connectivity index (χ4v) is 0.844. The molecular weight excluding hydrogens is 172 g/mol. The first-order valence-electron chi connectivity index (χ1n) is 4.21. The Morgan fingerprint density at radius 1 is 1.33 bits per heavy atom. The van der Waals surface area contributed by atoms with Crippen molar-refractivity contribution >= 4 is 11.6 Å². The van der Waals surface area contributed by atoms with Gasteiger partial charge in [0.15, 0.2) is 0 Å². The molecule has 0 rings (SSSR count). The molecule has 2 N–H and O–H groups in total. The third-order valence-corrected chi connectivity index (χ3v) is 1.41. The van der Waals surface area contributed by atoms with E-state index in [9.17, 15) is 0 Å². The van der Waals surface area contributed by atoms with Gasteiger partial charge in [0.05, 0.1) is 0 Å². The lowest BCUT2D eigenvalue weighted by Gasteiger charge is -2.20. The second-order valence-corrected chi connectivity index (χ2v) is 4.41. The predicted octanol–water partition coefficient (Wildman–Crippen LogP) is 1.72. The van der Waals surface area contributed by atoms with E-state index >= 15 is 0 Å². The van der Waals surface area contributed by atoms with Crippen molar-refractivity contribution < 1.29 is 0 Å². The highest BCUT2D eigenvalue weighted by atomic mass is 35.5. The van der Waals surface area contributed by atoms with E-state index in [2.05, 4.69) is 38.0 Å². The van der Waals surface area contributed by atoms with Crippen molar-refractivity contribution in [1.82, 2.24) is 10.6 Å². The number of halogens is 1. The zero-order valence-corrected chi connectivity index (χ0v) is 8.96. The van der Waals surface area contributed by atoms with Gasteiger partial charge in [-0.25, -0.2) is 0 Å². The van der Waals surface area contributed by atoms with Crippen molar-refractivity contribution in [2.75, 3.05) is 19.6 Å². The van der Waals surface area contributed by atoms with Crippen molar-refractivity contribution in [2.24, 2.45) is 0 Å². The molecular formula is C9H19ClN2. The summed E-state index contributed by atoms with van der Waals surface area (Å²) < 4.78 is 0. The van der Waals surface area contributed by atoms with Gasteiger partial charge in [-0.05, 0) is 20.8 Å². The highest BCUT2D eigenvalue weighted by Crippen LogP contribution is 1.96. The molecule has 0 aromatic rings. The van der Waals surface area contributed by atoms with E-state index in [1.54, 1.807) is 0 Å². The van der Waals surface area contributed by atoms with Crippen LogP contribution in [0, 0.1) is 0 Å². The molecule has 0 heterocycles. The minimum absolute atomic E-state index is 0.194. The first kappa shape index (κ1) is 11.9. The second kappa shape index (κ2) is 5.57. The van der Waals surface area contributed by atoms with Crippen molar-refractivity contribution in [1.29, 1.82) is 0 Å². The standard InChI is InChI=1S/C9H19ClN2/c1-8(10)7-11-5-6-12-9(2,3)4/h11-12H,1,5-7H2,2-4H3. The van der Waals surface area contributed by atoms with Gasteiger partial charge in [-0.1, -0.05) is 18.2 Å². The first-order valence-corrected chi connectivity index (χ1v) is 4.58. The molecule has 0 radical (unpaired) electrons. The molecule has 0 aromatic heterocycles. The van der Waals surface area contributed by atoms with Gasteiger partial charge in [-0.3, -0.25) is 0 Å². The third kappa shape index (κ3) is 9.95. The van der Waals surface area contributed by atoms with E-state index < -0.39 is 0 Å². The second-order valence-electron chi connectivity index (χ2n) is 3.87. The lowest BCUT2D eigenvalue weighted by Crippen LogP contribution is -2.40. The van der Waals surface area contributed by atoms with Crippen molar-refractivity contribution in [2.45, 2.75) is 26.3 Å². The molecule has 0 aromatic carbocycles. The molecule has 0 aliphatic carbocycles. The largest absolute Gasteiger partial charge is 0.311 e. The van der Waals surface area contributed by atoms with E-state index in [-0.39, 0.29) is 5.54 Å². The van der Waals surface area contributed by atoms with Crippen molar-refractivity contribution in [3.8, 4) is 0 Å². The average Bonchev–Trinajstić information content (AvgIpc) is 1.83. The van der Waals surface area contributed by atoms with Gasteiger partial charge in [0.2, 0.25) is 0 Å². The van der Waals surface area contributed by atoms with Crippen LogP contribution < -0.4 is 10.6 Å². The van der Waals surface area contributed by atoms with Crippen LogP contribution >= 0.6 is 11.6 Å². The van der Waals surface area contributed by atoms with E-state index in [1.165, 1.54) is 0 Å². The highest BCUT2D eigenvalue weighted by Gasteiger charge is 2.06. The molecule has 72 valence electrons. The molecule has 0 aliphatic heterocycles. The molecule has 0 saturated heterocycles. The molecule has 0 amide bonds. The summed E-state index contributed by atoms with van der Waals surface area (Å²) >= 11 is 5.57. The molecule has 0 spiro atoms. The lowest BCUT2D eigenvalue weighted by atomic mass is 10.1. The van der Waals surface area contributed by atoms with Gasteiger partial charge >= 0.3 is 0 Å². The van der Waals surface area contributed by atoms with Crippen LogP contribution in [0.1, 0.15) is 20.8 Å². The van der Waals surface area contributed by atoms with Crippen LogP contribution in [0.25, 0.3) is 0 Å². The Labute approximate surface area is 80.4 Å². The molecule has 0 atom stereocenters. The maximum absolute atomic E-state index is 5.57. The Balaban J connectivity index is 3.17. The summed E-state index contributed by atoms with van der Waals surface area (Å²) in [5, 5.41) is 7.18. The predicted molar refractivity (Wildman–Crippen MR) is 55.6 cm³/mol. The van der Waals surface area contributed by atoms with Crippen LogP contribution in [-0.4, -0.2) is 25.2 Å². The normalized spacial score (nSPS) is 11.7. The summed E-state index contributed by atoms with van der Waals surface area (Å²) in [6.45, 7) is 12.6.